The normalized spacial score (nSPS) is 18.1. The van der Waals surface area contributed by atoms with Crippen LogP contribution in [0, 0.1) is 6.92 Å². The number of carbonyl (C=O) groups is 2. The fourth-order valence-electron chi connectivity index (χ4n) is 3.52. The number of benzene rings is 1. The summed E-state index contributed by atoms with van der Waals surface area (Å²) in [6, 6.07) is 7.97. The summed E-state index contributed by atoms with van der Waals surface area (Å²) in [5.74, 6) is -0.857. The molecule has 0 aliphatic carbocycles. The lowest BCUT2D eigenvalue weighted by molar-refractivity contribution is -0.140. The van der Waals surface area contributed by atoms with Crippen molar-refractivity contribution in [2.24, 2.45) is 0 Å². The number of methoxy groups -OCH3 is 1. The van der Waals surface area contributed by atoms with Crippen molar-refractivity contribution in [1.29, 1.82) is 0 Å². The summed E-state index contributed by atoms with van der Waals surface area (Å²) in [5.41, 5.74) is 2.05. The van der Waals surface area contributed by atoms with E-state index < -0.39 is 17.7 Å². The molecule has 2 aromatic rings. The van der Waals surface area contributed by atoms with Gasteiger partial charge >= 0.3 is 0 Å². The van der Waals surface area contributed by atoms with Crippen LogP contribution in [0.5, 0.6) is 5.75 Å². The summed E-state index contributed by atoms with van der Waals surface area (Å²) in [4.78, 5) is 31.0. The van der Waals surface area contributed by atoms with Crippen LogP contribution in [0.25, 0.3) is 5.76 Å². The number of pyridine rings is 1. The van der Waals surface area contributed by atoms with Crippen LogP contribution >= 0.6 is 0 Å². The molecular weight excluding hydrogens is 384 g/mol. The lowest BCUT2D eigenvalue weighted by Crippen LogP contribution is -2.32. The molecule has 7 heteroatoms. The van der Waals surface area contributed by atoms with E-state index in [0.29, 0.717) is 17.7 Å². The average molecular weight is 410 g/mol. The van der Waals surface area contributed by atoms with E-state index in [-0.39, 0.29) is 24.5 Å². The van der Waals surface area contributed by atoms with Crippen LogP contribution in [-0.2, 0) is 14.3 Å². The predicted octanol–water partition coefficient (Wildman–Crippen LogP) is 3.25. The van der Waals surface area contributed by atoms with Crippen LogP contribution < -0.4 is 4.74 Å². The molecule has 1 aliphatic heterocycles. The first-order valence-corrected chi connectivity index (χ1v) is 9.90. The third-order valence-electron chi connectivity index (χ3n) is 5.01. The van der Waals surface area contributed by atoms with Gasteiger partial charge in [0.05, 0.1) is 24.8 Å². The number of rotatable bonds is 8. The van der Waals surface area contributed by atoms with Crippen LogP contribution in [0.3, 0.4) is 0 Å². The third kappa shape index (κ3) is 4.21. The van der Waals surface area contributed by atoms with Crippen molar-refractivity contribution >= 4 is 17.4 Å². The number of carbonyl (C=O) groups excluding carboxylic acids is 2. The van der Waals surface area contributed by atoms with Crippen LogP contribution in [-0.4, -0.2) is 53.5 Å². The van der Waals surface area contributed by atoms with E-state index in [1.165, 1.54) is 12.0 Å². The largest absolute Gasteiger partial charge is 0.507 e. The molecule has 158 valence electrons. The summed E-state index contributed by atoms with van der Waals surface area (Å²) < 4.78 is 10.8. The third-order valence-corrected chi connectivity index (χ3v) is 5.01. The van der Waals surface area contributed by atoms with Crippen LogP contribution in [0.1, 0.15) is 36.1 Å². The van der Waals surface area contributed by atoms with Gasteiger partial charge in [-0.2, -0.15) is 0 Å². The van der Waals surface area contributed by atoms with E-state index in [2.05, 4.69) is 4.98 Å². The molecule has 1 amide bonds. The molecule has 0 spiro atoms. The number of aromatic nitrogens is 1. The first kappa shape index (κ1) is 21.5. The summed E-state index contributed by atoms with van der Waals surface area (Å²) in [6.07, 6.45) is 4.07. The van der Waals surface area contributed by atoms with Gasteiger partial charge in [-0.15, -0.1) is 0 Å². The Labute approximate surface area is 175 Å². The molecule has 1 aromatic carbocycles. The molecule has 7 nitrogen and oxygen atoms in total. The van der Waals surface area contributed by atoms with Gasteiger partial charge in [0.15, 0.2) is 0 Å². The summed E-state index contributed by atoms with van der Waals surface area (Å²) in [6.45, 7) is 5.00. The minimum atomic E-state index is -0.714. The first-order valence-electron chi connectivity index (χ1n) is 9.90. The van der Waals surface area contributed by atoms with Gasteiger partial charge in [0.25, 0.3) is 11.7 Å². The van der Waals surface area contributed by atoms with Crippen molar-refractivity contribution in [3.05, 3.63) is 65.0 Å². The fraction of sp³-hybridized carbons (Fsp3) is 0.348. The van der Waals surface area contributed by atoms with Crippen molar-refractivity contribution in [3.63, 3.8) is 0 Å². The number of nitrogens with zero attached hydrogens (tertiary/aromatic N) is 2. The number of hydrogen-bond donors (Lipinski definition) is 1. The molecule has 1 aromatic heterocycles. The van der Waals surface area contributed by atoms with Gasteiger partial charge in [-0.25, -0.2) is 0 Å². The van der Waals surface area contributed by atoms with Crippen molar-refractivity contribution in [2.75, 3.05) is 26.9 Å². The van der Waals surface area contributed by atoms with E-state index in [1.54, 1.807) is 42.7 Å². The van der Waals surface area contributed by atoms with Gasteiger partial charge in [-0.3, -0.25) is 14.6 Å². The Morgan fingerprint density at radius 1 is 1.17 bits per heavy atom. The van der Waals surface area contributed by atoms with Crippen LogP contribution in [0.4, 0.5) is 0 Å². The van der Waals surface area contributed by atoms with Crippen molar-refractivity contribution < 1.29 is 24.2 Å². The number of ketones is 1. The number of aliphatic hydroxyl groups is 1. The Morgan fingerprint density at radius 3 is 2.53 bits per heavy atom. The van der Waals surface area contributed by atoms with Crippen molar-refractivity contribution in [1.82, 2.24) is 9.88 Å². The second-order valence-corrected chi connectivity index (χ2v) is 7.09. The summed E-state index contributed by atoms with van der Waals surface area (Å²) in [5, 5.41) is 11.1. The second kappa shape index (κ2) is 9.54. The number of ether oxygens (including phenoxy) is 2. The number of Topliss-reactive ketones (excluding diaryl/α,β-unsaturated/α-hetero) is 1. The van der Waals surface area contributed by atoms with Gasteiger partial charge in [0.2, 0.25) is 0 Å². The van der Waals surface area contributed by atoms with Crippen molar-refractivity contribution in [2.45, 2.75) is 26.3 Å². The van der Waals surface area contributed by atoms with E-state index in [4.69, 9.17) is 9.47 Å². The maximum Gasteiger partial charge on any atom is 0.295 e. The van der Waals surface area contributed by atoms with Crippen LogP contribution in [0.15, 0.2) is 48.3 Å². The zero-order valence-corrected chi connectivity index (χ0v) is 17.4. The topological polar surface area (TPSA) is 89.0 Å². The number of aryl methyl sites for hydroxylation is 1. The number of likely N-dealkylation sites (tertiary alicyclic amines) is 1. The molecule has 1 N–H and O–H groups in total. The molecule has 0 radical (unpaired) electrons. The van der Waals surface area contributed by atoms with Gasteiger partial charge in [0, 0.05) is 31.6 Å². The molecule has 30 heavy (non-hydrogen) atoms. The number of amides is 1. The average Bonchev–Trinajstić information content (AvgIpc) is 3.01. The molecule has 1 saturated heterocycles. The molecule has 0 bridgehead atoms. The minimum absolute atomic E-state index is 0.0592. The standard InChI is InChI=1S/C23H26N2O5/c1-4-12-30-18-6-5-17(14-15(18)2)21(26)19-20(16-7-9-24-10-8-16)25(11-13-29-3)23(28)22(19)27/h5-10,14,20,26H,4,11-13H2,1-3H3/b21-19-. The zero-order valence-electron chi connectivity index (χ0n) is 17.4. The molecular formula is C23H26N2O5. The molecule has 2 heterocycles. The van der Waals surface area contributed by atoms with E-state index in [1.807, 2.05) is 13.8 Å². The van der Waals surface area contributed by atoms with E-state index in [9.17, 15) is 14.7 Å². The smallest absolute Gasteiger partial charge is 0.295 e. The lowest BCUT2D eigenvalue weighted by Gasteiger charge is -2.24. The maximum absolute atomic E-state index is 12.9. The van der Waals surface area contributed by atoms with Gasteiger partial charge < -0.3 is 19.5 Å². The van der Waals surface area contributed by atoms with E-state index in [0.717, 1.165) is 17.7 Å². The molecule has 1 unspecified atom stereocenters. The highest BCUT2D eigenvalue weighted by Crippen LogP contribution is 2.39. The maximum atomic E-state index is 12.9. The van der Waals surface area contributed by atoms with Crippen LogP contribution in [0.2, 0.25) is 0 Å². The molecule has 3 rings (SSSR count). The zero-order chi connectivity index (χ0) is 21.7. The molecule has 0 saturated carbocycles. The Bertz CT molecular complexity index is 955. The molecule has 1 atom stereocenters. The lowest BCUT2D eigenvalue weighted by atomic mass is 9.95. The SMILES string of the molecule is CCCOc1ccc(/C(O)=C2/C(=O)C(=O)N(CCOC)C2c2ccncc2)cc1C. The Balaban J connectivity index is 2.08. The number of aliphatic hydroxyl groups excluding tert-OH is 1. The highest BCUT2D eigenvalue weighted by Gasteiger charge is 2.45. The highest BCUT2D eigenvalue weighted by atomic mass is 16.5. The monoisotopic (exact) mass is 410 g/mol. The Hall–Kier alpha value is -3.19. The minimum Gasteiger partial charge on any atom is -0.507 e. The molecule has 1 aliphatic rings. The van der Waals surface area contributed by atoms with Gasteiger partial charge in [-0.05, 0) is 54.8 Å². The second-order valence-electron chi connectivity index (χ2n) is 7.09. The van der Waals surface area contributed by atoms with E-state index >= 15 is 0 Å². The summed E-state index contributed by atoms with van der Waals surface area (Å²) in [7, 11) is 1.53. The quantitative estimate of drug-likeness (QED) is 0.408. The van der Waals surface area contributed by atoms with Gasteiger partial charge in [0.1, 0.15) is 11.5 Å². The van der Waals surface area contributed by atoms with Crippen molar-refractivity contribution in [3.8, 4) is 5.75 Å². The Morgan fingerprint density at radius 2 is 1.90 bits per heavy atom. The summed E-state index contributed by atoms with van der Waals surface area (Å²) >= 11 is 0. The first-order chi connectivity index (χ1) is 14.5. The Kier molecular flexibility index (Phi) is 6.84. The molecule has 1 fully saturated rings. The predicted molar refractivity (Wildman–Crippen MR) is 112 cm³/mol. The highest BCUT2D eigenvalue weighted by molar-refractivity contribution is 6.46. The number of hydrogen-bond acceptors (Lipinski definition) is 6. The fourth-order valence-corrected chi connectivity index (χ4v) is 3.52. The van der Waals surface area contributed by atoms with Gasteiger partial charge in [-0.1, -0.05) is 6.92 Å².